The molecule has 5 N–H and O–H groups in total. The van der Waals surface area contributed by atoms with Gasteiger partial charge in [0.25, 0.3) is 0 Å². The summed E-state index contributed by atoms with van der Waals surface area (Å²) in [5.74, 6) is -3.69. The fourth-order valence-corrected chi connectivity index (χ4v) is 10.8. The number of likely N-dealkylation sites (N-methyl/N-ethyl adjacent to an activating group) is 2. The van der Waals surface area contributed by atoms with Gasteiger partial charge in [-0.25, -0.2) is 0 Å². The molecule has 1 aromatic heterocycles. The van der Waals surface area contributed by atoms with Crippen LogP contribution in [0.15, 0.2) is 30.5 Å². The number of rotatable bonds is 27. The topological polar surface area (TPSA) is 220 Å². The van der Waals surface area contributed by atoms with E-state index in [2.05, 4.69) is 20.9 Å². The number of H-pyrrole nitrogens is 1. The van der Waals surface area contributed by atoms with Crippen LogP contribution in [-0.4, -0.2) is 156 Å². The average molecular weight is 980 g/mol. The van der Waals surface area contributed by atoms with Crippen LogP contribution in [-0.2, 0) is 49.5 Å². The first-order chi connectivity index (χ1) is 33.1. The van der Waals surface area contributed by atoms with E-state index in [1.165, 1.54) is 14.0 Å². The molecule has 1 saturated heterocycles. The minimum atomic E-state index is -0.878. The zero-order chi connectivity index (χ0) is 52.0. The van der Waals surface area contributed by atoms with Crippen molar-refractivity contribution < 1.29 is 48.1 Å². The number of nitrogens with one attached hydrogen (secondary N) is 4. The van der Waals surface area contributed by atoms with Crippen molar-refractivity contribution in [1.29, 1.82) is 0 Å². The molecular weight excluding hydrogens is 895 g/mol. The molecule has 1 aromatic carbocycles. The molecule has 2 aromatic rings. The lowest BCUT2D eigenvalue weighted by Gasteiger charge is -2.41. The number of ketones is 1. The smallest absolute Gasteiger partial charge is 0.306 e. The SMILES string of the molecule is CC[C@H](C)[C@@H]([C@@H](CC(=O)N1CCC[C@H]1[C@H](OC)[C@@H](C)C(=O)N[C@@H](Cc1c[nH]c2ccccc12)C(C)=O)OC)N(C)C(=O)[C@@H](NC(=O)[C@H](C(C)C)N(C)CCCC(=O)NC1CCC(C(=O)O)CC1)C(C)C. The third kappa shape index (κ3) is 15.1. The summed E-state index contributed by atoms with van der Waals surface area (Å²) in [7, 11) is 6.63. The molecule has 4 rings (SSSR count). The van der Waals surface area contributed by atoms with Crippen molar-refractivity contribution in [1.82, 2.24) is 35.6 Å². The Morgan fingerprint density at radius 3 is 2.14 bits per heavy atom. The van der Waals surface area contributed by atoms with Crippen LogP contribution in [0.25, 0.3) is 10.9 Å². The standard InChI is InChI=1S/C53H85N7O10/c1-13-33(6)48(59(10)52(66)46(31(2)3)57-51(65)47(32(4)5)58(9)26-17-21-44(62)55-38-24-22-36(23-25-38)53(67)68)43(69-11)29-45(63)60-27-16-20-42(60)49(70-12)34(7)50(64)56-41(35(8)61)28-37-30-54-40-19-15-14-18-39(37)40/h14-15,18-19,30-34,36,38,41-43,46-49,54H,13,16-17,20-29H2,1-12H3,(H,55,62)(H,56,64)(H,57,65)(H,67,68)/t33-,34+,36?,38?,41-,42-,43+,46-,47-,48-,49+/m0/s1. The van der Waals surface area contributed by atoms with Crippen LogP contribution in [0, 0.1) is 29.6 Å². The normalized spacial score (nSPS) is 20.8. The molecule has 1 aliphatic carbocycles. The second-order valence-electron chi connectivity index (χ2n) is 20.8. The van der Waals surface area contributed by atoms with Gasteiger partial charge in [0.2, 0.25) is 29.5 Å². The largest absolute Gasteiger partial charge is 0.481 e. The van der Waals surface area contributed by atoms with E-state index in [1.807, 2.05) is 84.0 Å². The molecule has 0 bridgehead atoms. The van der Waals surface area contributed by atoms with Crippen molar-refractivity contribution in [2.75, 3.05) is 41.4 Å². The van der Waals surface area contributed by atoms with Crippen LogP contribution >= 0.6 is 0 Å². The Balaban J connectivity index is 1.40. The maximum absolute atomic E-state index is 14.6. The van der Waals surface area contributed by atoms with Crippen molar-refractivity contribution in [2.24, 2.45) is 29.6 Å². The minimum Gasteiger partial charge on any atom is -0.481 e. The van der Waals surface area contributed by atoms with Gasteiger partial charge in [-0.05, 0) is 94.8 Å². The number of aliphatic carboxylic acids is 1. The van der Waals surface area contributed by atoms with Crippen molar-refractivity contribution in [3.63, 3.8) is 0 Å². The Morgan fingerprint density at radius 2 is 1.56 bits per heavy atom. The zero-order valence-electron chi connectivity index (χ0n) is 44.0. The molecule has 70 heavy (non-hydrogen) atoms. The predicted molar refractivity (Wildman–Crippen MR) is 270 cm³/mol. The number of ether oxygens (including phenoxy) is 2. The second-order valence-corrected chi connectivity index (χ2v) is 20.8. The summed E-state index contributed by atoms with van der Waals surface area (Å²) in [4.78, 5) is 103. The summed E-state index contributed by atoms with van der Waals surface area (Å²) in [6.45, 7) is 15.9. The molecule has 17 heteroatoms. The molecule has 17 nitrogen and oxygen atoms in total. The third-order valence-electron chi connectivity index (χ3n) is 15.1. The van der Waals surface area contributed by atoms with Crippen LogP contribution in [0.4, 0.5) is 0 Å². The molecule has 5 amide bonds. The first-order valence-corrected chi connectivity index (χ1v) is 25.7. The van der Waals surface area contributed by atoms with Gasteiger partial charge in [-0.2, -0.15) is 0 Å². The van der Waals surface area contributed by atoms with Crippen molar-refractivity contribution in [3.8, 4) is 0 Å². The number of methoxy groups -OCH3 is 2. The number of carboxylic acid groups (broad SMARTS) is 1. The Hall–Kier alpha value is -4.87. The summed E-state index contributed by atoms with van der Waals surface area (Å²) in [5, 5.41) is 19.4. The van der Waals surface area contributed by atoms with Crippen LogP contribution in [0.5, 0.6) is 0 Å². The van der Waals surface area contributed by atoms with Crippen LogP contribution in [0.1, 0.15) is 125 Å². The molecule has 2 fully saturated rings. The molecule has 1 saturated carbocycles. The minimum absolute atomic E-state index is 0.0303. The van der Waals surface area contributed by atoms with Gasteiger partial charge >= 0.3 is 5.97 Å². The average Bonchev–Trinajstić information content (AvgIpc) is 3.97. The highest BCUT2D eigenvalue weighted by molar-refractivity contribution is 5.91. The Morgan fingerprint density at radius 1 is 0.886 bits per heavy atom. The van der Waals surface area contributed by atoms with E-state index < -0.39 is 54.3 Å². The number of carbonyl (C=O) groups is 7. The number of carboxylic acids is 1. The van der Waals surface area contributed by atoms with Gasteiger partial charge in [0.05, 0.1) is 54.6 Å². The van der Waals surface area contributed by atoms with E-state index in [0.717, 1.165) is 16.5 Å². The van der Waals surface area contributed by atoms with E-state index in [9.17, 15) is 38.7 Å². The fourth-order valence-electron chi connectivity index (χ4n) is 10.8. The number of carbonyl (C=O) groups excluding carboxylic acids is 6. The quantitative estimate of drug-likeness (QED) is 0.0770. The Labute approximate surface area is 416 Å². The predicted octanol–water partition coefficient (Wildman–Crippen LogP) is 5.34. The van der Waals surface area contributed by atoms with E-state index in [-0.39, 0.29) is 77.9 Å². The van der Waals surface area contributed by atoms with Crippen LogP contribution in [0.3, 0.4) is 0 Å². The number of aromatic nitrogens is 1. The van der Waals surface area contributed by atoms with Crippen molar-refractivity contribution in [3.05, 3.63) is 36.0 Å². The Kier molecular flexibility index (Phi) is 22.3. The maximum Gasteiger partial charge on any atom is 0.306 e. The number of hydrogen-bond donors (Lipinski definition) is 5. The van der Waals surface area contributed by atoms with Crippen molar-refractivity contribution >= 4 is 52.2 Å². The van der Waals surface area contributed by atoms with Gasteiger partial charge < -0.3 is 45.3 Å². The molecule has 0 radical (unpaired) electrons. The highest BCUT2D eigenvalue weighted by Crippen LogP contribution is 2.31. The monoisotopic (exact) mass is 980 g/mol. The lowest BCUT2D eigenvalue weighted by Crippen LogP contribution is -2.60. The van der Waals surface area contributed by atoms with Gasteiger partial charge in [-0.15, -0.1) is 0 Å². The highest BCUT2D eigenvalue weighted by Gasteiger charge is 2.43. The summed E-state index contributed by atoms with van der Waals surface area (Å²) >= 11 is 0. The number of amides is 5. The molecule has 2 aliphatic rings. The summed E-state index contributed by atoms with van der Waals surface area (Å²) in [6, 6.07) is 4.62. The third-order valence-corrected chi connectivity index (χ3v) is 15.1. The van der Waals surface area contributed by atoms with Crippen molar-refractivity contribution in [2.45, 2.75) is 174 Å². The number of fused-ring (bicyclic) bond motifs is 1. The lowest BCUT2D eigenvalue weighted by molar-refractivity contribution is -0.148. The number of benzene rings is 1. The fraction of sp³-hybridized carbons (Fsp3) is 0.717. The lowest BCUT2D eigenvalue weighted by atomic mass is 9.86. The first kappa shape index (κ1) is 57.7. The summed E-state index contributed by atoms with van der Waals surface area (Å²) in [5.41, 5.74) is 1.87. The van der Waals surface area contributed by atoms with Gasteiger partial charge in [0.15, 0.2) is 5.78 Å². The molecule has 0 unspecified atom stereocenters. The second kappa shape index (κ2) is 27.1. The molecule has 392 valence electrons. The highest BCUT2D eigenvalue weighted by atomic mass is 16.5. The Bertz CT molecular complexity index is 2070. The van der Waals surface area contributed by atoms with Crippen LogP contribution in [0.2, 0.25) is 0 Å². The van der Waals surface area contributed by atoms with E-state index in [0.29, 0.717) is 70.9 Å². The molecular formula is C53H85N7O10. The number of para-hydroxylation sites is 1. The van der Waals surface area contributed by atoms with Gasteiger partial charge in [0.1, 0.15) is 6.04 Å². The van der Waals surface area contributed by atoms with Gasteiger partial charge in [-0.3, -0.25) is 38.5 Å². The van der Waals surface area contributed by atoms with Gasteiger partial charge in [0, 0.05) is 63.8 Å². The number of aromatic amines is 1. The van der Waals surface area contributed by atoms with Gasteiger partial charge in [-0.1, -0.05) is 73.1 Å². The first-order valence-electron chi connectivity index (χ1n) is 25.7. The molecule has 2 heterocycles. The number of likely N-dealkylation sites (tertiary alicyclic amines) is 1. The molecule has 9 atom stereocenters. The molecule has 0 spiro atoms. The maximum atomic E-state index is 14.6. The number of hydrogen-bond acceptors (Lipinski definition) is 10. The van der Waals surface area contributed by atoms with Crippen LogP contribution < -0.4 is 16.0 Å². The summed E-state index contributed by atoms with van der Waals surface area (Å²) in [6.07, 6.45) is 5.98. The number of Topliss-reactive ketones (excluding diaryl/α,β-unsaturated/α-hetero) is 1. The van der Waals surface area contributed by atoms with E-state index in [4.69, 9.17) is 9.47 Å². The molecule has 1 aliphatic heterocycles. The number of nitrogens with zero attached hydrogens (tertiary/aromatic N) is 3. The summed E-state index contributed by atoms with van der Waals surface area (Å²) < 4.78 is 12.1. The van der Waals surface area contributed by atoms with E-state index in [1.54, 1.807) is 30.9 Å². The van der Waals surface area contributed by atoms with E-state index >= 15 is 0 Å². The zero-order valence-corrected chi connectivity index (χ0v) is 44.0.